The molecule has 0 fully saturated rings. The summed E-state index contributed by atoms with van der Waals surface area (Å²) < 4.78 is 10.8. The van der Waals surface area contributed by atoms with Crippen molar-refractivity contribution in [2.24, 2.45) is 0 Å². The summed E-state index contributed by atoms with van der Waals surface area (Å²) >= 11 is 0. The molecular weight excluding hydrogens is 322 g/mol. The topological polar surface area (TPSA) is 83.8 Å². The Morgan fingerprint density at radius 1 is 1.20 bits per heavy atom. The molecule has 0 aliphatic carbocycles. The minimum absolute atomic E-state index is 0.102. The van der Waals surface area contributed by atoms with E-state index in [1.54, 1.807) is 24.1 Å². The first-order valence-corrected chi connectivity index (χ1v) is 8.01. The van der Waals surface area contributed by atoms with Gasteiger partial charge in [0.15, 0.2) is 0 Å². The molecule has 7 nitrogen and oxygen atoms in total. The van der Waals surface area contributed by atoms with Crippen LogP contribution in [0.4, 0.5) is 4.79 Å². The predicted molar refractivity (Wildman–Crippen MR) is 93.3 cm³/mol. The number of aryl methyl sites for hydroxylation is 1. The van der Waals surface area contributed by atoms with Crippen molar-refractivity contribution in [1.29, 1.82) is 0 Å². The summed E-state index contributed by atoms with van der Waals surface area (Å²) in [5.74, 6) is 1.07. The zero-order valence-electron chi connectivity index (χ0n) is 14.5. The van der Waals surface area contributed by atoms with Gasteiger partial charge in [-0.25, -0.2) is 4.79 Å². The van der Waals surface area contributed by atoms with E-state index in [9.17, 15) is 9.59 Å². The first kappa shape index (κ1) is 18.5. The van der Waals surface area contributed by atoms with E-state index >= 15 is 0 Å². The molecule has 2 rings (SSSR count). The lowest BCUT2D eigenvalue weighted by atomic mass is 10.2. The number of para-hydroxylation sites is 1. The van der Waals surface area contributed by atoms with Gasteiger partial charge in [-0.3, -0.25) is 15.0 Å². The second kappa shape index (κ2) is 9.48. The van der Waals surface area contributed by atoms with Crippen molar-refractivity contribution in [2.45, 2.75) is 13.5 Å². The van der Waals surface area contributed by atoms with Crippen LogP contribution in [0.1, 0.15) is 11.3 Å². The third-order valence-electron chi connectivity index (χ3n) is 3.49. The highest BCUT2D eigenvalue weighted by Crippen LogP contribution is 2.15. The van der Waals surface area contributed by atoms with Crippen LogP contribution in [0.2, 0.25) is 0 Å². The van der Waals surface area contributed by atoms with Crippen LogP contribution < -0.4 is 15.4 Å². The number of imide groups is 1. The highest BCUT2D eigenvalue weighted by atomic mass is 16.5. The number of hydrogen-bond donors (Lipinski definition) is 2. The van der Waals surface area contributed by atoms with E-state index in [0.29, 0.717) is 18.9 Å². The number of benzene rings is 1. The van der Waals surface area contributed by atoms with Crippen molar-refractivity contribution < 1.29 is 18.7 Å². The fraction of sp³-hybridized carbons (Fsp3) is 0.333. The number of nitrogens with one attached hydrogen (secondary N) is 2. The Morgan fingerprint density at radius 3 is 2.72 bits per heavy atom. The predicted octanol–water partition coefficient (Wildman–Crippen LogP) is 1.92. The second-order valence-corrected chi connectivity index (χ2v) is 5.66. The summed E-state index contributed by atoms with van der Waals surface area (Å²) in [6.45, 7) is 3.33. The van der Waals surface area contributed by atoms with Crippen LogP contribution in [0.5, 0.6) is 5.75 Å². The van der Waals surface area contributed by atoms with Gasteiger partial charge in [0.2, 0.25) is 5.91 Å². The van der Waals surface area contributed by atoms with Gasteiger partial charge in [0.05, 0.1) is 19.4 Å². The highest BCUT2D eigenvalue weighted by molar-refractivity contribution is 5.95. The molecule has 1 aromatic carbocycles. The Morgan fingerprint density at radius 2 is 2.00 bits per heavy atom. The van der Waals surface area contributed by atoms with Crippen molar-refractivity contribution in [3.8, 4) is 5.75 Å². The van der Waals surface area contributed by atoms with Gasteiger partial charge in [-0.15, -0.1) is 0 Å². The van der Waals surface area contributed by atoms with Crippen LogP contribution >= 0.6 is 0 Å². The standard InChI is InChI=1S/C18H23N3O4/c1-14-6-3-4-8-16(14)25-11-9-21(2)13-17(22)20-18(23)19-12-15-7-5-10-24-15/h3-8,10H,9,11-13H2,1-2H3,(H2,19,20,22,23). The van der Waals surface area contributed by atoms with Gasteiger partial charge in [0.1, 0.15) is 18.1 Å². The summed E-state index contributed by atoms with van der Waals surface area (Å²) in [6, 6.07) is 10.7. The number of amides is 3. The van der Waals surface area contributed by atoms with Gasteiger partial charge in [0.25, 0.3) is 0 Å². The molecule has 0 atom stereocenters. The third kappa shape index (κ3) is 6.68. The van der Waals surface area contributed by atoms with E-state index in [1.165, 1.54) is 6.26 Å². The summed E-state index contributed by atoms with van der Waals surface area (Å²) in [5, 5.41) is 4.83. The number of likely N-dealkylation sites (N-methyl/N-ethyl adjacent to an activating group) is 1. The molecular formula is C18H23N3O4. The number of hydrogen-bond acceptors (Lipinski definition) is 5. The monoisotopic (exact) mass is 345 g/mol. The van der Waals surface area contributed by atoms with E-state index in [2.05, 4.69) is 10.6 Å². The first-order chi connectivity index (χ1) is 12.0. The Kier molecular flexibility index (Phi) is 7.03. The molecule has 134 valence electrons. The number of carbonyl (C=O) groups excluding carboxylic acids is 2. The molecule has 0 bridgehead atoms. The van der Waals surface area contributed by atoms with Gasteiger partial charge in [0, 0.05) is 6.54 Å². The molecule has 0 spiro atoms. The molecule has 3 amide bonds. The molecule has 1 heterocycles. The average molecular weight is 345 g/mol. The largest absolute Gasteiger partial charge is 0.492 e. The Bertz CT molecular complexity index is 685. The molecule has 2 N–H and O–H groups in total. The normalized spacial score (nSPS) is 10.5. The zero-order valence-corrected chi connectivity index (χ0v) is 14.5. The Balaban J connectivity index is 1.62. The van der Waals surface area contributed by atoms with Crippen molar-refractivity contribution in [1.82, 2.24) is 15.5 Å². The lowest BCUT2D eigenvalue weighted by Gasteiger charge is -2.17. The minimum Gasteiger partial charge on any atom is -0.492 e. The van der Waals surface area contributed by atoms with Gasteiger partial charge in [-0.2, -0.15) is 0 Å². The summed E-state index contributed by atoms with van der Waals surface area (Å²) in [6.07, 6.45) is 1.52. The average Bonchev–Trinajstić information content (AvgIpc) is 3.08. The molecule has 0 aliphatic rings. The van der Waals surface area contributed by atoms with Crippen molar-refractivity contribution in [2.75, 3.05) is 26.7 Å². The minimum atomic E-state index is -0.550. The summed E-state index contributed by atoms with van der Waals surface area (Å²) in [5.41, 5.74) is 1.07. The number of rotatable bonds is 8. The second-order valence-electron chi connectivity index (χ2n) is 5.66. The van der Waals surface area contributed by atoms with E-state index in [1.807, 2.05) is 31.2 Å². The van der Waals surface area contributed by atoms with E-state index in [4.69, 9.17) is 9.15 Å². The summed E-state index contributed by atoms with van der Waals surface area (Å²) in [4.78, 5) is 25.3. The van der Waals surface area contributed by atoms with Crippen LogP contribution in [-0.4, -0.2) is 43.6 Å². The lowest BCUT2D eigenvalue weighted by Crippen LogP contribution is -2.44. The smallest absolute Gasteiger partial charge is 0.321 e. The van der Waals surface area contributed by atoms with Crippen molar-refractivity contribution in [3.05, 3.63) is 54.0 Å². The molecule has 0 radical (unpaired) electrons. The zero-order chi connectivity index (χ0) is 18.1. The van der Waals surface area contributed by atoms with E-state index in [-0.39, 0.29) is 19.0 Å². The van der Waals surface area contributed by atoms with Gasteiger partial charge < -0.3 is 14.5 Å². The molecule has 7 heteroatoms. The van der Waals surface area contributed by atoms with E-state index in [0.717, 1.165) is 11.3 Å². The maximum atomic E-state index is 11.8. The fourth-order valence-electron chi connectivity index (χ4n) is 2.14. The SMILES string of the molecule is Cc1ccccc1OCCN(C)CC(=O)NC(=O)NCc1ccco1. The molecule has 0 aliphatic heterocycles. The van der Waals surface area contributed by atoms with Gasteiger partial charge >= 0.3 is 6.03 Å². The first-order valence-electron chi connectivity index (χ1n) is 8.01. The lowest BCUT2D eigenvalue weighted by molar-refractivity contribution is -0.120. The van der Waals surface area contributed by atoms with Crippen LogP contribution in [0.15, 0.2) is 47.1 Å². The number of nitrogens with zero attached hydrogens (tertiary/aromatic N) is 1. The third-order valence-corrected chi connectivity index (χ3v) is 3.49. The number of carbonyl (C=O) groups is 2. The van der Waals surface area contributed by atoms with Crippen molar-refractivity contribution >= 4 is 11.9 Å². The number of ether oxygens (including phenoxy) is 1. The van der Waals surface area contributed by atoms with Crippen LogP contribution in [0, 0.1) is 6.92 Å². The highest BCUT2D eigenvalue weighted by Gasteiger charge is 2.11. The number of urea groups is 1. The van der Waals surface area contributed by atoms with E-state index < -0.39 is 6.03 Å². The summed E-state index contributed by atoms with van der Waals surface area (Å²) in [7, 11) is 1.79. The Labute approximate surface area is 146 Å². The maximum Gasteiger partial charge on any atom is 0.321 e. The Hall–Kier alpha value is -2.80. The van der Waals surface area contributed by atoms with Gasteiger partial charge in [-0.1, -0.05) is 18.2 Å². The molecule has 1 aromatic heterocycles. The van der Waals surface area contributed by atoms with Crippen LogP contribution in [0.3, 0.4) is 0 Å². The van der Waals surface area contributed by atoms with Crippen LogP contribution in [-0.2, 0) is 11.3 Å². The molecule has 2 aromatic rings. The maximum absolute atomic E-state index is 11.8. The molecule has 25 heavy (non-hydrogen) atoms. The van der Waals surface area contributed by atoms with Gasteiger partial charge in [-0.05, 0) is 37.7 Å². The quantitative estimate of drug-likeness (QED) is 0.764. The van der Waals surface area contributed by atoms with Crippen molar-refractivity contribution in [3.63, 3.8) is 0 Å². The van der Waals surface area contributed by atoms with Crippen LogP contribution in [0.25, 0.3) is 0 Å². The molecule has 0 saturated carbocycles. The number of furan rings is 1. The molecule has 0 saturated heterocycles. The fourth-order valence-corrected chi connectivity index (χ4v) is 2.14. The molecule has 0 unspecified atom stereocenters.